The van der Waals surface area contributed by atoms with Crippen LogP contribution in [0, 0.1) is 5.21 Å². The van der Waals surface area contributed by atoms with Gasteiger partial charge in [-0.3, -0.25) is 4.79 Å². The van der Waals surface area contributed by atoms with E-state index in [9.17, 15) is 23.2 Å². The first-order valence-corrected chi connectivity index (χ1v) is 8.09. The van der Waals surface area contributed by atoms with Crippen molar-refractivity contribution in [3.05, 3.63) is 70.7 Å². The molecular formula is C18H17F3N2O3. The average molecular weight is 366 g/mol. The fourth-order valence-electron chi connectivity index (χ4n) is 2.93. The van der Waals surface area contributed by atoms with Crippen LogP contribution in [0.1, 0.15) is 21.5 Å². The summed E-state index contributed by atoms with van der Waals surface area (Å²) < 4.78 is 44.6. The Balaban J connectivity index is 1.68. The predicted molar refractivity (Wildman–Crippen MR) is 86.2 cm³/mol. The van der Waals surface area contributed by atoms with E-state index in [-0.39, 0.29) is 24.4 Å². The van der Waals surface area contributed by atoms with E-state index in [2.05, 4.69) is 0 Å². The summed E-state index contributed by atoms with van der Waals surface area (Å²) in [4.78, 5) is 14.1. The van der Waals surface area contributed by atoms with Crippen LogP contribution in [0.4, 0.5) is 13.2 Å². The number of halogens is 3. The molecular weight excluding hydrogens is 349 g/mol. The zero-order chi connectivity index (χ0) is 18.7. The summed E-state index contributed by atoms with van der Waals surface area (Å²) in [5.41, 5.74) is 0.0569. The highest BCUT2D eigenvalue weighted by atomic mass is 19.4. The van der Waals surface area contributed by atoms with Gasteiger partial charge >= 0.3 is 6.18 Å². The Morgan fingerprint density at radius 2 is 2.12 bits per heavy atom. The molecule has 1 atom stereocenters. The Labute approximate surface area is 148 Å². The lowest BCUT2D eigenvalue weighted by atomic mass is 10.0. The second kappa shape index (κ2) is 7.33. The molecule has 8 heteroatoms. The molecule has 1 aliphatic heterocycles. The van der Waals surface area contributed by atoms with Crippen molar-refractivity contribution in [2.75, 3.05) is 19.7 Å². The molecule has 1 aromatic heterocycles. The number of rotatable bonds is 3. The van der Waals surface area contributed by atoms with Crippen molar-refractivity contribution >= 4 is 5.91 Å². The van der Waals surface area contributed by atoms with Crippen LogP contribution in [0.3, 0.4) is 0 Å². The SMILES string of the molecule is O=C(c1ccc[n+]([O-])c1)N1CCO[C@@H](Cc2cccc(C(F)(F)F)c2)C1. The first-order valence-electron chi connectivity index (χ1n) is 8.09. The van der Waals surface area contributed by atoms with Gasteiger partial charge in [-0.15, -0.1) is 0 Å². The molecule has 0 unspecified atom stereocenters. The quantitative estimate of drug-likeness (QED) is 0.619. The maximum atomic E-state index is 12.8. The first-order chi connectivity index (χ1) is 12.3. The molecule has 0 radical (unpaired) electrons. The van der Waals surface area contributed by atoms with E-state index < -0.39 is 17.8 Å². The van der Waals surface area contributed by atoms with Crippen LogP contribution in [0.5, 0.6) is 0 Å². The van der Waals surface area contributed by atoms with Gasteiger partial charge < -0.3 is 14.8 Å². The molecule has 138 valence electrons. The van der Waals surface area contributed by atoms with Gasteiger partial charge in [0.1, 0.15) is 5.56 Å². The zero-order valence-electron chi connectivity index (χ0n) is 13.8. The number of nitrogens with zero attached hydrogens (tertiary/aromatic N) is 2. The Morgan fingerprint density at radius 3 is 2.85 bits per heavy atom. The number of ether oxygens (including phenoxy) is 1. The minimum atomic E-state index is -4.40. The molecule has 26 heavy (non-hydrogen) atoms. The van der Waals surface area contributed by atoms with Gasteiger partial charge in [-0.2, -0.15) is 17.9 Å². The highest BCUT2D eigenvalue weighted by molar-refractivity contribution is 5.93. The lowest BCUT2D eigenvalue weighted by molar-refractivity contribution is -0.605. The fourth-order valence-corrected chi connectivity index (χ4v) is 2.93. The molecule has 1 aromatic carbocycles. The van der Waals surface area contributed by atoms with Crippen LogP contribution in [-0.2, 0) is 17.3 Å². The Morgan fingerprint density at radius 1 is 1.31 bits per heavy atom. The van der Waals surface area contributed by atoms with E-state index in [0.717, 1.165) is 12.1 Å². The van der Waals surface area contributed by atoms with Crippen molar-refractivity contribution < 1.29 is 27.4 Å². The Kier molecular flexibility index (Phi) is 5.13. The van der Waals surface area contributed by atoms with Gasteiger partial charge in [-0.25, -0.2) is 0 Å². The third kappa shape index (κ3) is 4.32. The summed E-state index contributed by atoms with van der Waals surface area (Å²) in [5, 5.41) is 11.3. The summed E-state index contributed by atoms with van der Waals surface area (Å²) in [6.07, 6.45) is -2.05. The molecule has 1 saturated heterocycles. The number of carbonyl (C=O) groups excluding carboxylic acids is 1. The number of hydrogen-bond acceptors (Lipinski definition) is 3. The molecule has 0 N–H and O–H groups in total. The minimum Gasteiger partial charge on any atom is -0.619 e. The van der Waals surface area contributed by atoms with Crippen LogP contribution in [-0.4, -0.2) is 36.6 Å². The van der Waals surface area contributed by atoms with Gasteiger partial charge in [0.25, 0.3) is 5.91 Å². The van der Waals surface area contributed by atoms with Gasteiger partial charge in [0.15, 0.2) is 12.4 Å². The van der Waals surface area contributed by atoms with Crippen LogP contribution >= 0.6 is 0 Å². The number of amides is 1. The number of pyridine rings is 1. The molecule has 0 aliphatic carbocycles. The van der Waals surface area contributed by atoms with Gasteiger partial charge in [0, 0.05) is 25.6 Å². The summed E-state index contributed by atoms with van der Waals surface area (Å²) >= 11 is 0. The van der Waals surface area contributed by atoms with Crippen molar-refractivity contribution in [3.63, 3.8) is 0 Å². The van der Waals surface area contributed by atoms with E-state index >= 15 is 0 Å². The monoisotopic (exact) mass is 366 g/mol. The summed E-state index contributed by atoms with van der Waals surface area (Å²) in [6.45, 7) is 0.911. The normalized spacial score (nSPS) is 18.0. The fraction of sp³-hybridized carbons (Fsp3) is 0.333. The second-order valence-corrected chi connectivity index (χ2v) is 6.10. The zero-order valence-corrected chi connectivity index (χ0v) is 13.8. The third-order valence-corrected chi connectivity index (χ3v) is 4.17. The molecule has 5 nitrogen and oxygen atoms in total. The van der Waals surface area contributed by atoms with E-state index in [1.807, 2.05) is 0 Å². The van der Waals surface area contributed by atoms with Gasteiger partial charge in [-0.05, 0) is 17.7 Å². The van der Waals surface area contributed by atoms with Crippen LogP contribution in [0.25, 0.3) is 0 Å². The molecule has 0 bridgehead atoms. The average Bonchev–Trinajstić information content (AvgIpc) is 2.61. The van der Waals surface area contributed by atoms with E-state index in [1.54, 1.807) is 17.0 Å². The van der Waals surface area contributed by atoms with Crippen molar-refractivity contribution in [2.45, 2.75) is 18.7 Å². The first kappa shape index (κ1) is 18.2. The van der Waals surface area contributed by atoms with E-state index in [4.69, 9.17) is 4.74 Å². The van der Waals surface area contributed by atoms with Crippen molar-refractivity contribution in [3.8, 4) is 0 Å². The number of alkyl halides is 3. The summed E-state index contributed by atoms with van der Waals surface area (Å²) in [7, 11) is 0. The second-order valence-electron chi connectivity index (χ2n) is 6.10. The van der Waals surface area contributed by atoms with Gasteiger partial charge in [0.05, 0.1) is 18.3 Å². The van der Waals surface area contributed by atoms with Crippen molar-refractivity contribution in [2.24, 2.45) is 0 Å². The van der Waals surface area contributed by atoms with Crippen LogP contribution in [0.2, 0.25) is 0 Å². The minimum absolute atomic E-state index is 0.253. The maximum Gasteiger partial charge on any atom is 0.416 e. The Bertz CT molecular complexity index is 795. The number of morpholine rings is 1. The molecule has 1 amide bonds. The third-order valence-electron chi connectivity index (χ3n) is 4.17. The summed E-state index contributed by atoms with van der Waals surface area (Å²) in [6, 6.07) is 8.13. The predicted octanol–water partition coefficient (Wildman–Crippen LogP) is 2.42. The van der Waals surface area contributed by atoms with E-state index in [0.29, 0.717) is 23.4 Å². The summed E-state index contributed by atoms with van der Waals surface area (Å²) in [5.74, 6) is -0.299. The Hall–Kier alpha value is -2.61. The molecule has 0 spiro atoms. The molecule has 1 aliphatic rings. The highest BCUT2D eigenvalue weighted by Crippen LogP contribution is 2.30. The smallest absolute Gasteiger partial charge is 0.416 e. The molecule has 2 aromatic rings. The van der Waals surface area contributed by atoms with Gasteiger partial charge in [0.2, 0.25) is 0 Å². The standard InChI is InChI=1S/C18H17F3N2O3/c19-18(20,21)15-5-1-3-13(9-15)10-16-12-22(7-8-26-16)17(24)14-4-2-6-23(25)11-14/h1-6,9,11,16H,7-8,10,12H2/t16-/m0/s1. The number of benzene rings is 1. The highest BCUT2D eigenvalue weighted by Gasteiger charge is 2.31. The lowest BCUT2D eigenvalue weighted by Crippen LogP contribution is -2.46. The molecule has 0 saturated carbocycles. The lowest BCUT2D eigenvalue weighted by Gasteiger charge is -2.33. The maximum absolute atomic E-state index is 12.8. The van der Waals surface area contributed by atoms with Crippen LogP contribution in [0.15, 0.2) is 48.8 Å². The number of aromatic nitrogens is 1. The van der Waals surface area contributed by atoms with Crippen molar-refractivity contribution in [1.82, 2.24) is 4.90 Å². The topological polar surface area (TPSA) is 56.5 Å². The number of carbonyl (C=O) groups is 1. The van der Waals surface area contributed by atoms with E-state index in [1.165, 1.54) is 24.5 Å². The largest absolute Gasteiger partial charge is 0.619 e. The molecule has 3 rings (SSSR count). The molecule has 2 heterocycles. The molecule has 1 fully saturated rings. The van der Waals surface area contributed by atoms with Crippen LogP contribution < -0.4 is 4.73 Å². The van der Waals surface area contributed by atoms with Gasteiger partial charge in [-0.1, -0.05) is 18.2 Å². The number of hydrogen-bond donors (Lipinski definition) is 0. The van der Waals surface area contributed by atoms with Crippen molar-refractivity contribution in [1.29, 1.82) is 0 Å².